The van der Waals surface area contributed by atoms with Gasteiger partial charge in [0.25, 0.3) is 0 Å². The highest BCUT2D eigenvalue weighted by molar-refractivity contribution is 7.99. The maximum atomic E-state index is 8.96. The number of thioether (sulfide) groups is 1. The first-order valence-electron chi connectivity index (χ1n) is 4.08. The largest absolute Gasteiger partial charge is 0.198 e. The molecule has 0 saturated carbocycles. The van der Waals surface area contributed by atoms with Crippen LogP contribution in [-0.4, -0.2) is 11.1 Å². The Kier molecular flexibility index (Phi) is 2.48. The van der Waals surface area contributed by atoms with E-state index in [0.717, 1.165) is 11.3 Å². The molecular formula is C10H8ClNS. The fourth-order valence-corrected chi connectivity index (χ4v) is 2.93. The molecule has 0 spiro atoms. The second-order valence-electron chi connectivity index (χ2n) is 2.97. The third-order valence-corrected chi connectivity index (χ3v) is 3.95. The Bertz CT molecular complexity index is 358. The fourth-order valence-electron chi connectivity index (χ4n) is 1.48. The van der Waals surface area contributed by atoms with Gasteiger partial charge in [0, 0.05) is 10.6 Å². The number of nitriles is 1. The Morgan fingerprint density at radius 3 is 3.00 bits per heavy atom. The lowest BCUT2D eigenvalue weighted by Crippen LogP contribution is -2.18. The molecule has 0 radical (unpaired) electrons. The van der Waals surface area contributed by atoms with E-state index in [-0.39, 0.29) is 11.3 Å². The van der Waals surface area contributed by atoms with E-state index >= 15 is 0 Å². The first-order valence-corrected chi connectivity index (χ1v) is 5.50. The molecule has 0 aromatic heterocycles. The normalized spacial score (nSPS) is 26.2. The zero-order valence-corrected chi connectivity index (χ0v) is 8.48. The van der Waals surface area contributed by atoms with E-state index < -0.39 is 0 Å². The molecule has 0 fully saturated rings. The SMILES string of the molecule is N#C[C@H]1c2ccccc2SC[C@@H]1Cl. The molecule has 66 valence electrons. The number of rotatable bonds is 0. The Hall–Kier alpha value is -0.650. The second kappa shape index (κ2) is 3.61. The second-order valence-corrected chi connectivity index (χ2v) is 4.59. The quantitative estimate of drug-likeness (QED) is 0.614. The summed E-state index contributed by atoms with van der Waals surface area (Å²) in [5.74, 6) is 0.690. The summed E-state index contributed by atoms with van der Waals surface area (Å²) >= 11 is 7.80. The van der Waals surface area contributed by atoms with E-state index in [1.807, 2.05) is 24.3 Å². The van der Waals surface area contributed by atoms with Crippen molar-refractivity contribution in [2.24, 2.45) is 0 Å². The summed E-state index contributed by atoms with van der Waals surface area (Å²) < 4.78 is 0. The van der Waals surface area contributed by atoms with Crippen LogP contribution in [0.5, 0.6) is 0 Å². The van der Waals surface area contributed by atoms with Crippen LogP contribution in [0.4, 0.5) is 0 Å². The van der Waals surface area contributed by atoms with Gasteiger partial charge >= 0.3 is 0 Å². The van der Waals surface area contributed by atoms with E-state index in [4.69, 9.17) is 16.9 Å². The van der Waals surface area contributed by atoms with Crippen LogP contribution < -0.4 is 0 Å². The van der Waals surface area contributed by atoms with Gasteiger partial charge in [0.2, 0.25) is 0 Å². The molecule has 0 saturated heterocycles. The lowest BCUT2D eigenvalue weighted by Gasteiger charge is -2.23. The van der Waals surface area contributed by atoms with Crippen LogP contribution in [0.1, 0.15) is 11.5 Å². The highest BCUT2D eigenvalue weighted by Gasteiger charge is 2.27. The molecule has 1 aromatic carbocycles. The predicted octanol–water partition coefficient (Wildman–Crippen LogP) is 3.01. The molecule has 1 aromatic rings. The molecule has 0 amide bonds. The van der Waals surface area contributed by atoms with E-state index in [2.05, 4.69) is 6.07 Å². The van der Waals surface area contributed by atoms with Crippen molar-refractivity contribution in [3.8, 4) is 6.07 Å². The van der Waals surface area contributed by atoms with Crippen molar-refractivity contribution in [3.05, 3.63) is 29.8 Å². The van der Waals surface area contributed by atoms with Gasteiger partial charge in [-0.15, -0.1) is 23.4 Å². The van der Waals surface area contributed by atoms with E-state index in [9.17, 15) is 0 Å². The summed E-state index contributed by atoms with van der Waals surface area (Å²) in [5.41, 5.74) is 1.08. The summed E-state index contributed by atoms with van der Waals surface area (Å²) in [7, 11) is 0. The van der Waals surface area contributed by atoms with Crippen LogP contribution in [0, 0.1) is 11.3 Å². The van der Waals surface area contributed by atoms with Crippen LogP contribution in [-0.2, 0) is 0 Å². The lowest BCUT2D eigenvalue weighted by atomic mass is 9.97. The first kappa shape index (κ1) is 8.93. The molecule has 0 N–H and O–H groups in total. The average molecular weight is 210 g/mol. The summed E-state index contributed by atoms with van der Waals surface area (Å²) in [6.45, 7) is 0. The van der Waals surface area contributed by atoms with Gasteiger partial charge in [-0.1, -0.05) is 18.2 Å². The monoisotopic (exact) mass is 209 g/mol. The third-order valence-electron chi connectivity index (χ3n) is 2.15. The smallest absolute Gasteiger partial charge is 0.0895 e. The van der Waals surface area contributed by atoms with Crippen LogP contribution >= 0.6 is 23.4 Å². The number of halogens is 1. The number of hydrogen-bond acceptors (Lipinski definition) is 2. The summed E-state index contributed by atoms with van der Waals surface area (Å²) in [6, 6.07) is 10.3. The van der Waals surface area contributed by atoms with Crippen molar-refractivity contribution in [1.29, 1.82) is 5.26 Å². The molecule has 2 rings (SSSR count). The standard InChI is InChI=1S/C10H8ClNS/c11-9-6-13-10-4-2-1-3-7(10)8(9)5-12/h1-4,8-9H,6H2/t8-,9-/m0/s1. The van der Waals surface area contributed by atoms with E-state index in [1.165, 1.54) is 4.90 Å². The van der Waals surface area contributed by atoms with Gasteiger partial charge in [-0.3, -0.25) is 0 Å². The number of nitrogens with zero attached hydrogens (tertiary/aromatic N) is 1. The zero-order valence-electron chi connectivity index (χ0n) is 6.90. The van der Waals surface area contributed by atoms with Crippen molar-refractivity contribution in [3.63, 3.8) is 0 Å². The molecule has 0 unspecified atom stereocenters. The molecule has 1 aliphatic rings. The molecule has 13 heavy (non-hydrogen) atoms. The third kappa shape index (κ3) is 1.54. The van der Waals surface area contributed by atoms with Crippen molar-refractivity contribution in [1.82, 2.24) is 0 Å². The van der Waals surface area contributed by atoms with Crippen molar-refractivity contribution in [2.45, 2.75) is 16.2 Å². The van der Waals surface area contributed by atoms with Gasteiger partial charge in [-0.05, 0) is 11.6 Å². The molecule has 1 heterocycles. The minimum Gasteiger partial charge on any atom is -0.198 e. The minimum absolute atomic E-state index is 0.0510. The molecule has 0 bridgehead atoms. The topological polar surface area (TPSA) is 23.8 Å². The summed E-state index contributed by atoms with van der Waals surface area (Å²) in [5, 5.41) is 8.91. The fraction of sp³-hybridized carbons (Fsp3) is 0.300. The highest BCUT2D eigenvalue weighted by atomic mass is 35.5. The van der Waals surface area contributed by atoms with Gasteiger partial charge in [0.05, 0.1) is 17.4 Å². The molecule has 3 heteroatoms. The minimum atomic E-state index is -0.140. The van der Waals surface area contributed by atoms with Gasteiger partial charge in [-0.2, -0.15) is 5.26 Å². The first-order chi connectivity index (χ1) is 6.33. The summed E-state index contributed by atoms with van der Waals surface area (Å²) in [6.07, 6.45) is 0. The number of hydrogen-bond donors (Lipinski definition) is 0. The van der Waals surface area contributed by atoms with Gasteiger partial charge < -0.3 is 0 Å². The van der Waals surface area contributed by atoms with Crippen LogP contribution in [0.25, 0.3) is 0 Å². The molecule has 1 aliphatic heterocycles. The van der Waals surface area contributed by atoms with Crippen LogP contribution in [0.15, 0.2) is 29.2 Å². The average Bonchev–Trinajstić information content (AvgIpc) is 2.18. The van der Waals surface area contributed by atoms with Crippen molar-refractivity contribution in [2.75, 3.05) is 5.75 Å². The highest BCUT2D eigenvalue weighted by Crippen LogP contribution is 2.39. The Morgan fingerprint density at radius 1 is 1.46 bits per heavy atom. The van der Waals surface area contributed by atoms with Crippen molar-refractivity contribution >= 4 is 23.4 Å². The number of fused-ring (bicyclic) bond motifs is 1. The Balaban J connectivity index is 2.46. The van der Waals surface area contributed by atoms with Gasteiger partial charge in [0.15, 0.2) is 0 Å². The molecule has 1 nitrogen and oxygen atoms in total. The Morgan fingerprint density at radius 2 is 2.23 bits per heavy atom. The van der Waals surface area contributed by atoms with E-state index in [1.54, 1.807) is 11.8 Å². The maximum Gasteiger partial charge on any atom is 0.0895 e. The van der Waals surface area contributed by atoms with Gasteiger partial charge in [0.1, 0.15) is 0 Å². The van der Waals surface area contributed by atoms with Crippen molar-refractivity contribution < 1.29 is 0 Å². The molecule has 2 atom stereocenters. The van der Waals surface area contributed by atoms with E-state index in [0.29, 0.717) is 0 Å². The number of benzene rings is 1. The molecule has 0 aliphatic carbocycles. The number of alkyl halides is 1. The predicted molar refractivity (Wildman–Crippen MR) is 55.2 cm³/mol. The Labute approximate surface area is 86.7 Å². The van der Waals surface area contributed by atoms with Gasteiger partial charge in [-0.25, -0.2) is 0 Å². The molecular weight excluding hydrogens is 202 g/mol. The lowest BCUT2D eigenvalue weighted by molar-refractivity contribution is 0.802. The van der Waals surface area contributed by atoms with Crippen LogP contribution in [0.3, 0.4) is 0 Å². The summed E-state index contributed by atoms with van der Waals surface area (Å²) in [4.78, 5) is 1.20. The zero-order chi connectivity index (χ0) is 9.26. The maximum absolute atomic E-state index is 8.96. The van der Waals surface area contributed by atoms with Crippen LogP contribution in [0.2, 0.25) is 0 Å².